The number of aryl methyl sites for hydroxylation is 1. The highest BCUT2D eigenvalue weighted by atomic mass is 35.5. The molecule has 1 unspecified atom stereocenters. The van der Waals surface area contributed by atoms with Crippen molar-refractivity contribution in [2.75, 3.05) is 39.4 Å². The molecule has 2 atom stereocenters. The Morgan fingerprint density at radius 1 is 1.02 bits per heavy atom. The Morgan fingerprint density at radius 2 is 1.71 bits per heavy atom. The largest absolute Gasteiger partial charge is 0.494 e. The molecular weight excluding hydrogens is 700 g/mol. The molecule has 0 saturated carbocycles. The highest BCUT2D eigenvalue weighted by molar-refractivity contribution is 6.30. The second-order valence-electron chi connectivity index (χ2n) is 12.0. The quantitative estimate of drug-likeness (QED) is 0.0472. The van der Waals surface area contributed by atoms with Crippen molar-refractivity contribution in [1.82, 2.24) is 20.9 Å². The number of carbonyl (C=O) groups excluding carboxylic acids is 2. The first-order valence-electron chi connectivity index (χ1n) is 16.2. The zero-order chi connectivity index (χ0) is 36.9. The molecule has 0 radical (unpaired) electrons. The van der Waals surface area contributed by atoms with Gasteiger partial charge in [0.25, 0.3) is 11.8 Å². The van der Waals surface area contributed by atoms with E-state index in [1.54, 1.807) is 41.3 Å². The van der Waals surface area contributed by atoms with Crippen LogP contribution in [-0.4, -0.2) is 85.5 Å². The Balaban J connectivity index is 1.02. The fourth-order valence-electron chi connectivity index (χ4n) is 5.65. The number of halogens is 1. The van der Waals surface area contributed by atoms with E-state index in [1.807, 2.05) is 12.1 Å². The lowest BCUT2D eigenvalue weighted by atomic mass is 9.88. The molecule has 1 fully saturated rings. The first kappa shape index (κ1) is 37.2. The van der Waals surface area contributed by atoms with Crippen LogP contribution in [0.3, 0.4) is 0 Å². The van der Waals surface area contributed by atoms with Gasteiger partial charge in [-0.15, -0.1) is 10.2 Å². The minimum Gasteiger partial charge on any atom is -0.494 e. The topological polar surface area (TPSA) is 277 Å². The highest BCUT2D eigenvalue weighted by Gasteiger charge is 2.41. The van der Waals surface area contributed by atoms with Crippen molar-refractivity contribution in [3.05, 3.63) is 80.4 Å². The van der Waals surface area contributed by atoms with E-state index in [4.69, 9.17) is 32.8 Å². The molecule has 3 aliphatic rings. The second kappa shape index (κ2) is 17.7. The van der Waals surface area contributed by atoms with E-state index in [0.717, 1.165) is 18.4 Å². The molecule has 5 rings (SSSR count). The lowest BCUT2D eigenvalue weighted by Gasteiger charge is -2.39. The second-order valence-corrected chi connectivity index (χ2v) is 12.3. The highest BCUT2D eigenvalue weighted by Crippen LogP contribution is 2.27. The van der Waals surface area contributed by atoms with Gasteiger partial charge in [-0.05, 0) is 67.6 Å². The minimum absolute atomic E-state index is 0.00673. The zero-order valence-electron chi connectivity index (χ0n) is 27.9. The molecule has 0 aliphatic carbocycles. The van der Waals surface area contributed by atoms with Crippen LogP contribution in [0.2, 0.25) is 0 Å². The summed E-state index contributed by atoms with van der Waals surface area (Å²) >= 11 is 6.13. The van der Waals surface area contributed by atoms with Crippen LogP contribution >= 0.6 is 11.6 Å². The molecule has 7 N–H and O–H groups in total. The molecular formula is C31H37ClN14O6. The number of aliphatic imine (C=N–C) groups is 2. The standard InChI is InChI=1S/C31H37ClN14O6/c32-25-27(42-45-34)38-26(41-44-33)24(37-25)28(47)39-30-35-18-31(40-30)11-13-46(14-12-31)29(48)20-5-9-22(10-6-20)51-15-1-2-19-3-7-23(8-4-19)52-17-21(43-50)16-36-49/h3-10,21,24,37H,1-2,11-18H2,(H2,34,42)(H2,33,38,41)(H2,35,39,40,47)/t21-,24?/m0/s1. The van der Waals surface area contributed by atoms with Gasteiger partial charge in [-0.1, -0.05) is 44.5 Å². The number of rotatable bonds is 14. The SMILES string of the molecule is NN=NC1=NC(N=NN)=C(Cl)NC1C(=O)NC1=NCC2(CCN(C(=O)c3ccc(OCCCc4ccc(OC[C@H](CN=O)N=O)cc4)cc3)CC2)N1. The first-order chi connectivity index (χ1) is 25.3. The van der Waals surface area contributed by atoms with E-state index in [2.05, 4.69) is 57.0 Å². The van der Waals surface area contributed by atoms with E-state index >= 15 is 0 Å². The van der Waals surface area contributed by atoms with Gasteiger partial charge in [-0.2, -0.15) is 9.81 Å². The van der Waals surface area contributed by atoms with Crippen molar-refractivity contribution >= 4 is 35.2 Å². The molecule has 274 valence electrons. The van der Waals surface area contributed by atoms with Crippen molar-refractivity contribution in [3.8, 4) is 11.5 Å². The third-order valence-corrected chi connectivity index (χ3v) is 8.75. The number of nitrogens with two attached hydrogens (primary N) is 2. The molecule has 21 heteroatoms. The van der Waals surface area contributed by atoms with Crippen molar-refractivity contribution < 1.29 is 19.1 Å². The number of likely N-dealkylation sites (tertiary alicyclic amines) is 1. The minimum atomic E-state index is -1.14. The number of amidine groups is 1. The van der Waals surface area contributed by atoms with Gasteiger partial charge in [-0.3, -0.25) is 19.9 Å². The summed E-state index contributed by atoms with van der Waals surface area (Å²) in [4.78, 5) is 57.7. The number of hydrogen-bond acceptors (Lipinski definition) is 16. The summed E-state index contributed by atoms with van der Waals surface area (Å²) in [6.07, 6.45) is 2.78. The van der Waals surface area contributed by atoms with Gasteiger partial charge in [0.15, 0.2) is 23.0 Å². The van der Waals surface area contributed by atoms with Crippen LogP contribution in [0.1, 0.15) is 35.2 Å². The van der Waals surface area contributed by atoms with Crippen LogP contribution in [0, 0.1) is 9.81 Å². The van der Waals surface area contributed by atoms with Crippen LogP contribution in [-0.2, 0) is 11.2 Å². The molecule has 0 bridgehead atoms. The van der Waals surface area contributed by atoms with Gasteiger partial charge in [0.1, 0.15) is 30.7 Å². The van der Waals surface area contributed by atoms with E-state index in [9.17, 15) is 19.4 Å². The van der Waals surface area contributed by atoms with Crippen molar-refractivity contribution in [1.29, 1.82) is 0 Å². The summed E-state index contributed by atoms with van der Waals surface area (Å²) in [5.74, 6) is 10.9. The molecule has 20 nitrogen and oxygen atoms in total. The molecule has 3 aliphatic heterocycles. The predicted octanol–water partition coefficient (Wildman–Crippen LogP) is 2.42. The molecule has 3 heterocycles. The van der Waals surface area contributed by atoms with Crippen LogP contribution in [0.15, 0.2) is 101 Å². The smallest absolute Gasteiger partial charge is 0.257 e. The number of carbonyl (C=O) groups is 2. The van der Waals surface area contributed by atoms with Crippen LogP contribution in [0.4, 0.5) is 0 Å². The lowest BCUT2D eigenvalue weighted by molar-refractivity contribution is -0.120. The Bertz CT molecular complexity index is 1760. The van der Waals surface area contributed by atoms with Crippen molar-refractivity contribution in [2.24, 2.45) is 52.7 Å². The molecule has 2 amide bonds. The Kier molecular flexibility index (Phi) is 12.7. The third-order valence-electron chi connectivity index (χ3n) is 8.47. The number of amides is 2. The van der Waals surface area contributed by atoms with E-state index in [1.165, 1.54) is 0 Å². The van der Waals surface area contributed by atoms with E-state index in [0.29, 0.717) is 56.1 Å². The summed E-state index contributed by atoms with van der Waals surface area (Å²) in [7, 11) is 0. The summed E-state index contributed by atoms with van der Waals surface area (Å²) in [5.41, 5.74) is 1.23. The number of hydrogen-bond donors (Lipinski definition) is 5. The van der Waals surface area contributed by atoms with Gasteiger partial charge < -0.3 is 36.7 Å². The Hall–Kier alpha value is -6.05. The van der Waals surface area contributed by atoms with Gasteiger partial charge in [0.2, 0.25) is 5.82 Å². The van der Waals surface area contributed by atoms with Gasteiger partial charge >= 0.3 is 0 Å². The maximum atomic E-state index is 13.3. The number of benzene rings is 2. The number of nitroso groups, excluding NO2 is 2. The first-order valence-corrected chi connectivity index (χ1v) is 16.6. The molecule has 1 saturated heterocycles. The lowest BCUT2D eigenvalue weighted by Crippen LogP contribution is -2.58. The average molecular weight is 737 g/mol. The molecule has 1 spiro atoms. The van der Waals surface area contributed by atoms with Crippen LogP contribution in [0.25, 0.3) is 0 Å². The monoisotopic (exact) mass is 736 g/mol. The molecule has 2 aromatic carbocycles. The zero-order valence-corrected chi connectivity index (χ0v) is 28.6. The number of nitrogens with one attached hydrogen (secondary N) is 3. The summed E-state index contributed by atoms with van der Waals surface area (Å²) in [6, 6.07) is 12.6. The van der Waals surface area contributed by atoms with E-state index < -0.39 is 23.5 Å². The van der Waals surface area contributed by atoms with Gasteiger partial charge in [-0.25, -0.2) is 4.99 Å². The summed E-state index contributed by atoms with van der Waals surface area (Å²) < 4.78 is 11.4. The number of ether oxygens (including phenoxy) is 2. The third kappa shape index (κ3) is 9.59. The molecule has 52 heavy (non-hydrogen) atoms. The maximum Gasteiger partial charge on any atom is 0.257 e. The fraction of sp³-hybridized carbons (Fsp3) is 0.419. The van der Waals surface area contributed by atoms with E-state index in [-0.39, 0.29) is 41.8 Å². The Labute approximate surface area is 302 Å². The van der Waals surface area contributed by atoms with Crippen molar-refractivity contribution in [2.45, 2.75) is 43.3 Å². The predicted molar refractivity (Wildman–Crippen MR) is 189 cm³/mol. The number of nitrogens with zero attached hydrogens (tertiary/aromatic N) is 9. The number of guanidine groups is 1. The van der Waals surface area contributed by atoms with Crippen LogP contribution < -0.4 is 37.1 Å². The average Bonchev–Trinajstić information content (AvgIpc) is 3.55. The molecule has 0 aromatic heterocycles. The number of piperidine rings is 1. The fourth-order valence-corrected chi connectivity index (χ4v) is 5.84. The maximum absolute atomic E-state index is 13.3. The summed E-state index contributed by atoms with van der Waals surface area (Å²) in [6.45, 7) is 1.68. The van der Waals surface area contributed by atoms with Crippen LogP contribution in [0.5, 0.6) is 11.5 Å². The molecule has 2 aromatic rings. The van der Waals surface area contributed by atoms with Gasteiger partial charge in [0.05, 0.1) is 18.7 Å². The summed E-state index contributed by atoms with van der Waals surface area (Å²) in [5, 5.41) is 27.8. The Morgan fingerprint density at radius 3 is 2.38 bits per heavy atom. The van der Waals surface area contributed by atoms with Gasteiger partial charge in [0, 0.05) is 18.7 Å². The normalized spacial score (nSPS) is 18.7. The van der Waals surface area contributed by atoms with Crippen molar-refractivity contribution in [3.63, 3.8) is 0 Å².